The summed E-state index contributed by atoms with van der Waals surface area (Å²) in [7, 11) is -3.36. The van der Waals surface area contributed by atoms with E-state index in [1.165, 1.54) is 0 Å². The minimum absolute atomic E-state index is 0.0798. The largest absolute Gasteiger partial charge is 0.488 e. The predicted octanol–water partition coefficient (Wildman–Crippen LogP) is 5.07. The van der Waals surface area contributed by atoms with Crippen LogP contribution < -0.4 is 4.74 Å². The van der Waals surface area contributed by atoms with Crippen LogP contribution in [0.15, 0.2) is 18.2 Å². The molecule has 0 fully saturated rings. The van der Waals surface area contributed by atoms with Crippen LogP contribution in [0.5, 0.6) is 5.75 Å². The second-order valence-electron chi connectivity index (χ2n) is 7.49. The van der Waals surface area contributed by atoms with Crippen molar-refractivity contribution in [3.8, 4) is 5.75 Å². The molecule has 0 aromatic heterocycles. The first-order chi connectivity index (χ1) is 12.2. The second-order valence-corrected chi connectivity index (χ2v) is 9.70. The van der Waals surface area contributed by atoms with Gasteiger partial charge in [0.2, 0.25) is 10.0 Å². The van der Waals surface area contributed by atoms with Crippen molar-refractivity contribution in [1.29, 1.82) is 0 Å². The van der Waals surface area contributed by atoms with Crippen LogP contribution >= 0.6 is 0 Å². The normalized spacial score (nSPS) is 18.8. The van der Waals surface area contributed by atoms with E-state index in [2.05, 4.69) is 11.8 Å². The van der Waals surface area contributed by atoms with Gasteiger partial charge >= 0.3 is 0 Å². The highest BCUT2D eigenvalue weighted by Crippen LogP contribution is 2.45. The summed E-state index contributed by atoms with van der Waals surface area (Å²) in [6.45, 7) is 15.6. The third-order valence-electron chi connectivity index (χ3n) is 4.85. The van der Waals surface area contributed by atoms with E-state index in [4.69, 9.17) is 11.3 Å². The lowest BCUT2D eigenvalue weighted by Crippen LogP contribution is -2.44. The van der Waals surface area contributed by atoms with E-state index in [1.54, 1.807) is 29.4 Å². The summed E-state index contributed by atoms with van der Waals surface area (Å²) < 4.78 is 33.4. The summed E-state index contributed by atoms with van der Waals surface area (Å²) in [5.74, 6) is 0.764. The van der Waals surface area contributed by atoms with Gasteiger partial charge in [0.15, 0.2) is 5.69 Å². The molecule has 0 N–H and O–H groups in total. The summed E-state index contributed by atoms with van der Waals surface area (Å²) in [6, 6.07) is 5.02. The van der Waals surface area contributed by atoms with Crippen LogP contribution in [0.1, 0.15) is 71.4 Å². The fourth-order valence-electron chi connectivity index (χ4n) is 3.48. The summed E-state index contributed by atoms with van der Waals surface area (Å²) >= 11 is 0. The number of hydrogen-bond acceptors (Lipinski definition) is 3. The molecular weight excluding hydrogens is 348 g/mol. The van der Waals surface area contributed by atoms with Crippen LogP contribution in [-0.2, 0) is 10.0 Å². The molecule has 6 heteroatoms. The molecule has 1 aromatic rings. The smallest absolute Gasteiger partial charge is 0.214 e. The Kier molecular flexibility index (Phi) is 6.70. The Morgan fingerprint density at radius 1 is 1.27 bits per heavy atom. The van der Waals surface area contributed by atoms with Gasteiger partial charge in [0.25, 0.3) is 0 Å². The molecular formula is C20H30N2O3S. The van der Waals surface area contributed by atoms with E-state index in [9.17, 15) is 8.42 Å². The molecule has 1 atom stereocenters. The van der Waals surface area contributed by atoms with Crippen molar-refractivity contribution in [1.82, 2.24) is 4.31 Å². The molecule has 0 aliphatic carbocycles. The summed E-state index contributed by atoms with van der Waals surface area (Å²) in [6.07, 6.45) is 4.67. The van der Waals surface area contributed by atoms with Crippen LogP contribution in [0.4, 0.5) is 5.69 Å². The minimum atomic E-state index is -3.36. The molecule has 1 aliphatic rings. The van der Waals surface area contributed by atoms with E-state index in [0.717, 1.165) is 31.2 Å². The van der Waals surface area contributed by atoms with E-state index in [1.807, 2.05) is 13.8 Å². The minimum Gasteiger partial charge on any atom is -0.488 e. The summed E-state index contributed by atoms with van der Waals surface area (Å²) in [5.41, 5.74) is 0.865. The Morgan fingerprint density at radius 3 is 2.62 bits per heavy atom. The standard InChI is InChI=1S/C20H30N2O3S/c1-6-8-9-10-13-22(26(23,24)7-2)18-15-20(3,4)25-19-12-11-16(21-5)14-17(18)19/h11-12,14,18H,6-10,13,15H2,1-4H3. The molecule has 0 saturated heterocycles. The van der Waals surface area contributed by atoms with Crippen molar-refractivity contribution in [3.05, 3.63) is 35.2 Å². The number of hydrogen-bond donors (Lipinski definition) is 0. The maximum absolute atomic E-state index is 12.9. The third kappa shape index (κ3) is 4.77. The molecule has 5 nitrogen and oxygen atoms in total. The number of nitrogens with zero attached hydrogens (tertiary/aromatic N) is 2. The molecule has 0 spiro atoms. The predicted molar refractivity (Wildman–Crippen MR) is 105 cm³/mol. The quantitative estimate of drug-likeness (QED) is 0.469. The van der Waals surface area contributed by atoms with Crippen molar-refractivity contribution >= 4 is 15.7 Å². The molecule has 0 saturated carbocycles. The molecule has 0 bridgehead atoms. The highest BCUT2D eigenvalue weighted by Gasteiger charge is 2.40. The lowest BCUT2D eigenvalue weighted by molar-refractivity contribution is 0.0501. The zero-order valence-electron chi connectivity index (χ0n) is 16.3. The summed E-state index contributed by atoms with van der Waals surface area (Å²) in [4.78, 5) is 3.50. The molecule has 1 heterocycles. The lowest BCUT2D eigenvalue weighted by atomic mass is 9.89. The van der Waals surface area contributed by atoms with Gasteiger partial charge in [-0.1, -0.05) is 32.3 Å². The topological polar surface area (TPSA) is 51.0 Å². The number of rotatable bonds is 8. The van der Waals surface area contributed by atoms with Crippen LogP contribution in [0.2, 0.25) is 0 Å². The molecule has 1 aliphatic heterocycles. The number of fused-ring (bicyclic) bond motifs is 1. The van der Waals surface area contributed by atoms with Gasteiger partial charge in [0.05, 0.1) is 18.4 Å². The average molecular weight is 379 g/mol. The van der Waals surface area contributed by atoms with Gasteiger partial charge in [-0.2, -0.15) is 4.31 Å². The SMILES string of the molecule is [C-]#[N+]c1ccc2c(c1)C(N(CCCCCC)S(=O)(=O)CC)CC(C)(C)O2. The van der Waals surface area contributed by atoms with Crippen molar-refractivity contribution in [2.75, 3.05) is 12.3 Å². The zero-order valence-corrected chi connectivity index (χ0v) is 17.1. The molecule has 0 amide bonds. The Balaban J connectivity index is 2.44. The van der Waals surface area contributed by atoms with Crippen molar-refractivity contribution in [3.63, 3.8) is 0 Å². The third-order valence-corrected chi connectivity index (χ3v) is 6.74. The number of benzene rings is 1. The first kappa shape index (κ1) is 20.7. The average Bonchev–Trinajstić information content (AvgIpc) is 2.60. The Morgan fingerprint density at radius 2 is 2.00 bits per heavy atom. The van der Waals surface area contributed by atoms with Crippen molar-refractivity contribution in [2.24, 2.45) is 0 Å². The highest BCUT2D eigenvalue weighted by molar-refractivity contribution is 7.89. The van der Waals surface area contributed by atoms with Gasteiger partial charge in [-0.25, -0.2) is 13.3 Å². The number of ether oxygens (including phenoxy) is 1. The number of sulfonamides is 1. The molecule has 144 valence electrons. The zero-order chi connectivity index (χ0) is 19.4. The monoisotopic (exact) mass is 378 g/mol. The number of unbranched alkanes of at least 4 members (excludes halogenated alkanes) is 3. The maximum Gasteiger partial charge on any atom is 0.214 e. The fourth-order valence-corrected chi connectivity index (χ4v) is 4.79. The summed E-state index contributed by atoms with van der Waals surface area (Å²) in [5, 5.41) is 0. The van der Waals surface area contributed by atoms with Gasteiger partial charge in [-0.05, 0) is 39.3 Å². The molecule has 1 unspecified atom stereocenters. The van der Waals surface area contributed by atoms with E-state index >= 15 is 0 Å². The Bertz CT molecular complexity index is 766. The lowest BCUT2D eigenvalue weighted by Gasteiger charge is -2.42. The van der Waals surface area contributed by atoms with Gasteiger partial charge in [-0.3, -0.25) is 0 Å². The van der Waals surface area contributed by atoms with Gasteiger partial charge in [0, 0.05) is 18.5 Å². The Hall–Kier alpha value is -1.58. The first-order valence-electron chi connectivity index (χ1n) is 9.44. The van der Waals surface area contributed by atoms with Crippen LogP contribution in [0, 0.1) is 6.57 Å². The van der Waals surface area contributed by atoms with Crippen molar-refractivity contribution in [2.45, 2.75) is 71.4 Å². The molecule has 1 aromatic carbocycles. The van der Waals surface area contributed by atoms with Gasteiger partial charge < -0.3 is 4.74 Å². The van der Waals surface area contributed by atoms with Gasteiger partial charge in [0.1, 0.15) is 11.4 Å². The molecule has 26 heavy (non-hydrogen) atoms. The molecule has 2 rings (SSSR count). The van der Waals surface area contributed by atoms with E-state index in [0.29, 0.717) is 24.4 Å². The Labute approximate surface area is 158 Å². The highest BCUT2D eigenvalue weighted by atomic mass is 32.2. The van der Waals surface area contributed by atoms with Crippen LogP contribution in [-0.4, -0.2) is 30.6 Å². The molecule has 0 radical (unpaired) electrons. The van der Waals surface area contributed by atoms with E-state index in [-0.39, 0.29) is 11.8 Å². The van der Waals surface area contributed by atoms with E-state index < -0.39 is 15.6 Å². The van der Waals surface area contributed by atoms with Gasteiger partial charge in [-0.15, -0.1) is 0 Å². The second kappa shape index (κ2) is 8.41. The van der Waals surface area contributed by atoms with Crippen molar-refractivity contribution < 1.29 is 13.2 Å². The maximum atomic E-state index is 12.9. The van der Waals surface area contributed by atoms with Crippen LogP contribution in [0.25, 0.3) is 4.85 Å². The van der Waals surface area contributed by atoms with Crippen LogP contribution in [0.3, 0.4) is 0 Å². The first-order valence-corrected chi connectivity index (χ1v) is 11.0. The fraction of sp³-hybridized carbons (Fsp3) is 0.650.